The molecule has 1 fully saturated rings. The van der Waals surface area contributed by atoms with Crippen LogP contribution in [0.4, 0.5) is 0 Å². The number of rotatable bonds is 6. The second kappa shape index (κ2) is 7.63. The Labute approximate surface area is 116 Å². The van der Waals surface area contributed by atoms with E-state index in [1.165, 1.54) is 5.56 Å². The van der Waals surface area contributed by atoms with Crippen LogP contribution in [0.3, 0.4) is 0 Å². The van der Waals surface area contributed by atoms with Crippen molar-refractivity contribution in [3.05, 3.63) is 35.9 Å². The Kier molecular flexibility index (Phi) is 5.83. The van der Waals surface area contributed by atoms with Gasteiger partial charge in [0.25, 0.3) is 0 Å². The molecular weight excluding hydrogens is 236 g/mol. The standard InChI is InChI=1S/C16H26N2O/c1-3-17-16-9-10-19-13-15(16)12-18(2)11-14-7-5-4-6-8-14/h4-8,15-17H,3,9-13H2,1-2H3. The molecule has 1 heterocycles. The molecule has 19 heavy (non-hydrogen) atoms. The van der Waals surface area contributed by atoms with Crippen LogP contribution in [-0.4, -0.2) is 44.3 Å². The molecule has 0 aromatic heterocycles. The Hall–Kier alpha value is -0.900. The van der Waals surface area contributed by atoms with Gasteiger partial charge in [-0.05, 0) is 25.6 Å². The molecule has 0 spiro atoms. The molecule has 1 saturated heterocycles. The van der Waals surface area contributed by atoms with Crippen molar-refractivity contribution < 1.29 is 4.74 Å². The zero-order chi connectivity index (χ0) is 13.5. The van der Waals surface area contributed by atoms with Crippen molar-refractivity contribution >= 4 is 0 Å². The van der Waals surface area contributed by atoms with Gasteiger partial charge in [-0.3, -0.25) is 0 Å². The number of nitrogens with zero attached hydrogens (tertiary/aromatic N) is 1. The Morgan fingerprint density at radius 2 is 2.11 bits per heavy atom. The van der Waals surface area contributed by atoms with Crippen LogP contribution in [0.1, 0.15) is 18.9 Å². The average Bonchev–Trinajstić information content (AvgIpc) is 2.42. The van der Waals surface area contributed by atoms with E-state index in [-0.39, 0.29) is 0 Å². The van der Waals surface area contributed by atoms with Crippen molar-refractivity contribution in [3.8, 4) is 0 Å². The van der Waals surface area contributed by atoms with E-state index in [1.807, 2.05) is 0 Å². The molecule has 2 atom stereocenters. The maximum atomic E-state index is 5.64. The number of hydrogen-bond acceptors (Lipinski definition) is 3. The smallest absolute Gasteiger partial charge is 0.0521 e. The van der Waals surface area contributed by atoms with Crippen LogP contribution < -0.4 is 5.32 Å². The summed E-state index contributed by atoms with van der Waals surface area (Å²) in [5, 5.41) is 3.60. The van der Waals surface area contributed by atoms with Crippen LogP contribution in [0.25, 0.3) is 0 Å². The SMILES string of the molecule is CCNC1CCOCC1CN(C)Cc1ccccc1. The first kappa shape index (κ1) is 14.5. The number of nitrogens with one attached hydrogen (secondary N) is 1. The highest BCUT2D eigenvalue weighted by Crippen LogP contribution is 2.16. The van der Waals surface area contributed by atoms with Gasteiger partial charge in [0, 0.05) is 31.7 Å². The molecule has 0 aliphatic carbocycles. The van der Waals surface area contributed by atoms with Crippen LogP contribution in [0.2, 0.25) is 0 Å². The van der Waals surface area contributed by atoms with E-state index in [9.17, 15) is 0 Å². The summed E-state index contributed by atoms with van der Waals surface area (Å²) in [6.45, 7) is 7.11. The highest BCUT2D eigenvalue weighted by molar-refractivity contribution is 5.14. The molecule has 2 rings (SSSR count). The lowest BCUT2D eigenvalue weighted by molar-refractivity contribution is 0.0193. The molecule has 1 aliphatic heterocycles. The topological polar surface area (TPSA) is 24.5 Å². The Bertz CT molecular complexity index is 353. The van der Waals surface area contributed by atoms with E-state index in [0.29, 0.717) is 12.0 Å². The minimum absolute atomic E-state index is 0.599. The minimum atomic E-state index is 0.599. The molecule has 3 heteroatoms. The summed E-state index contributed by atoms with van der Waals surface area (Å²) in [4.78, 5) is 2.40. The van der Waals surface area contributed by atoms with Crippen molar-refractivity contribution in [2.24, 2.45) is 5.92 Å². The number of benzene rings is 1. The lowest BCUT2D eigenvalue weighted by Gasteiger charge is -2.34. The molecule has 0 amide bonds. The second-order valence-corrected chi connectivity index (χ2v) is 5.47. The fourth-order valence-electron chi connectivity index (χ4n) is 2.87. The zero-order valence-electron chi connectivity index (χ0n) is 12.1. The second-order valence-electron chi connectivity index (χ2n) is 5.47. The van der Waals surface area contributed by atoms with Crippen LogP contribution >= 0.6 is 0 Å². The van der Waals surface area contributed by atoms with Gasteiger partial charge in [0.2, 0.25) is 0 Å². The summed E-state index contributed by atoms with van der Waals surface area (Å²) in [6.07, 6.45) is 1.14. The monoisotopic (exact) mass is 262 g/mol. The van der Waals surface area contributed by atoms with Gasteiger partial charge < -0.3 is 15.0 Å². The quantitative estimate of drug-likeness (QED) is 0.850. The van der Waals surface area contributed by atoms with E-state index in [0.717, 1.165) is 39.3 Å². The first-order chi connectivity index (χ1) is 9.29. The molecule has 1 aromatic carbocycles. The van der Waals surface area contributed by atoms with Crippen LogP contribution in [0.15, 0.2) is 30.3 Å². The van der Waals surface area contributed by atoms with Gasteiger partial charge in [-0.1, -0.05) is 37.3 Å². The van der Waals surface area contributed by atoms with Gasteiger partial charge in [-0.2, -0.15) is 0 Å². The molecule has 3 nitrogen and oxygen atoms in total. The van der Waals surface area contributed by atoms with E-state index in [2.05, 4.69) is 54.5 Å². The predicted octanol–water partition coefficient (Wildman–Crippen LogP) is 2.13. The summed E-state index contributed by atoms with van der Waals surface area (Å²) >= 11 is 0. The molecule has 2 unspecified atom stereocenters. The van der Waals surface area contributed by atoms with Crippen LogP contribution in [-0.2, 0) is 11.3 Å². The van der Waals surface area contributed by atoms with Gasteiger partial charge >= 0.3 is 0 Å². The van der Waals surface area contributed by atoms with Gasteiger partial charge in [0.1, 0.15) is 0 Å². The third kappa shape index (κ3) is 4.60. The van der Waals surface area contributed by atoms with Crippen LogP contribution in [0, 0.1) is 5.92 Å². The van der Waals surface area contributed by atoms with Crippen molar-refractivity contribution in [2.75, 3.05) is 33.4 Å². The highest BCUT2D eigenvalue weighted by Gasteiger charge is 2.25. The predicted molar refractivity (Wildman–Crippen MR) is 79.2 cm³/mol. The normalized spacial score (nSPS) is 23.7. The van der Waals surface area contributed by atoms with Crippen molar-refractivity contribution in [1.29, 1.82) is 0 Å². The summed E-state index contributed by atoms with van der Waals surface area (Å²) in [5.74, 6) is 0.599. The number of hydrogen-bond donors (Lipinski definition) is 1. The van der Waals surface area contributed by atoms with Crippen molar-refractivity contribution in [1.82, 2.24) is 10.2 Å². The fourth-order valence-corrected chi connectivity index (χ4v) is 2.87. The minimum Gasteiger partial charge on any atom is -0.381 e. The van der Waals surface area contributed by atoms with Crippen LogP contribution in [0.5, 0.6) is 0 Å². The average molecular weight is 262 g/mol. The van der Waals surface area contributed by atoms with Crippen molar-refractivity contribution in [2.45, 2.75) is 25.9 Å². The molecule has 1 aliphatic rings. The van der Waals surface area contributed by atoms with E-state index < -0.39 is 0 Å². The van der Waals surface area contributed by atoms with Gasteiger partial charge in [0.05, 0.1) is 6.61 Å². The fraction of sp³-hybridized carbons (Fsp3) is 0.625. The third-order valence-electron chi connectivity index (χ3n) is 3.78. The Morgan fingerprint density at radius 3 is 2.84 bits per heavy atom. The summed E-state index contributed by atoms with van der Waals surface area (Å²) in [6, 6.07) is 11.3. The maximum Gasteiger partial charge on any atom is 0.0521 e. The summed E-state index contributed by atoms with van der Waals surface area (Å²) in [7, 11) is 2.20. The van der Waals surface area contributed by atoms with Crippen molar-refractivity contribution in [3.63, 3.8) is 0 Å². The first-order valence-electron chi connectivity index (χ1n) is 7.33. The largest absolute Gasteiger partial charge is 0.381 e. The molecular formula is C16H26N2O. The van der Waals surface area contributed by atoms with E-state index in [4.69, 9.17) is 4.74 Å². The lowest BCUT2D eigenvalue weighted by Crippen LogP contribution is -2.47. The third-order valence-corrected chi connectivity index (χ3v) is 3.78. The van der Waals surface area contributed by atoms with Gasteiger partial charge in [-0.25, -0.2) is 0 Å². The highest BCUT2D eigenvalue weighted by atomic mass is 16.5. The molecule has 0 radical (unpaired) electrons. The first-order valence-corrected chi connectivity index (χ1v) is 7.33. The summed E-state index contributed by atoms with van der Waals surface area (Å²) in [5.41, 5.74) is 1.38. The zero-order valence-corrected chi connectivity index (χ0v) is 12.1. The van der Waals surface area contributed by atoms with E-state index >= 15 is 0 Å². The van der Waals surface area contributed by atoms with Gasteiger partial charge in [-0.15, -0.1) is 0 Å². The molecule has 0 saturated carbocycles. The number of ether oxygens (including phenoxy) is 1. The Morgan fingerprint density at radius 1 is 1.32 bits per heavy atom. The molecule has 0 bridgehead atoms. The molecule has 1 N–H and O–H groups in total. The molecule has 106 valence electrons. The molecule has 1 aromatic rings. The van der Waals surface area contributed by atoms with Gasteiger partial charge in [0.15, 0.2) is 0 Å². The Balaban J connectivity index is 1.84. The maximum absolute atomic E-state index is 5.64. The lowest BCUT2D eigenvalue weighted by atomic mass is 9.95. The van der Waals surface area contributed by atoms with E-state index in [1.54, 1.807) is 0 Å². The summed E-state index contributed by atoms with van der Waals surface area (Å²) < 4.78 is 5.64.